The summed E-state index contributed by atoms with van der Waals surface area (Å²) in [6.07, 6.45) is 6.27. The Labute approximate surface area is 197 Å². The Morgan fingerprint density at radius 2 is 1.85 bits per heavy atom. The highest BCUT2D eigenvalue weighted by Crippen LogP contribution is 2.28. The Morgan fingerprint density at radius 3 is 2.59 bits per heavy atom. The van der Waals surface area contributed by atoms with E-state index in [2.05, 4.69) is 15.4 Å². The minimum absolute atomic E-state index is 0.00526. The number of benzene rings is 3. The first-order valence-electron chi connectivity index (χ1n) is 11.3. The largest absolute Gasteiger partial charge is 0.360 e. The summed E-state index contributed by atoms with van der Waals surface area (Å²) < 4.78 is 15.0. The molecule has 0 bridgehead atoms. The van der Waals surface area contributed by atoms with Gasteiger partial charge in [-0.1, -0.05) is 54.6 Å². The van der Waals surface area contributed by atoms with Gasteiger partial charge in [0.25, 0.3) is 0 Å². The van der Waals surface area contributed by atoms with Crippen LogP contribution in [0.5, 0.6) is 0 Å². The van der Waals surface area contributed by atoms with E-state index in [1.54, 1.807) is 23.0 Å². The quantitative estimate of drug-likeness (QED) is 0.307. The van der Waals surface area contributed by atoms with Gasteiger partial charge in [0.15, 0.2) is 5.78 Å². The van der Waals surface area contributed by atoms with E-state index in [4.69, 9.17) is 0 Å². The van der Waals surface area contributed by atoms with Crippen LogP contribution >= 0.6 is 0 Å². The smallest absolute Gasteiger partial charge is 0.186 e. The SMILES string of the molecule is Cn1cc(-c2ccc3c(C(=O)C(NCCc4ccc(F)cc4)c4ccccc4)c[nH]c3c2)cn1. The van der Waals surface area contributed by atoms with Gasteiger partial charge < -0.3 is 10.3 Å². The summed E-state index contributed by atoms with van der Waals surface area (Å²) >= 11 is 0. The minimum atomic E-state index is -0.487. The summed E-state index contributed by atoms with van der Waals surface area (Å²) in [6.45, 7) is 0.588. The number of nitrogens with zero attached hydrogens (tertiary/aromatic N) is 2. The lowest BCUT2D eigenvalue weighted by Gasteiger charge is -2.18. The molecular weight excluding hydrogens is 427 g/mol. The van der Waals surface area contributed by atoms with Crippen LogP contribution in [0.3, 0.4) is 0 Å². The van der Waals surface area contributed by atoms with Crippen molar-refractivity contribution in [1.82, 2.24) is 20.1 Å². The molecule has 0 spiro atoms. The average molecular weight is 453 g/mol. The number of ketones is 1. The first kappa shape index (κ1) is 21.8. The number of hydrogen-bond donors (Lipinski definition) is 2. The number of hydrogen-bond acceptors (Lipinski definition) is 3. The normalized spacial score (nSPS) is 12.2. The van der Waals surface area contributed by atoms with Gasteiger partial charge in [-0.15, -0.1) is 0 Å². The fourth-order valence-electron chi connectivity index (χ4n) is 4.25. The number of nitrogens with one attached hydrogen (secondary N) is 2. The Kier molecular flexibility index (Phi) is 6.06. The molecule has 3 aromatic carbocycles. The van der Waals surface area contributed by atoms with Crippen molar-refractivity contribution >= 4 is 16.7 Å². The van der Waals surface area contributed by atoms with E-state index in [0.717, 1.165) is 33.2 Å². The number of carbonyl (C=O) groups is 1. The number of rotatable bonds is 8. The van der Waals surface area contributed by atoms with E-state index in [9.17, 15) is 9.18 Å². The molecule has 0 fully saturated rings. The van der Waals surface area contributed by atoms with Gasteiger partial charge in [-0.2, -0.15) is 5.10 Å². The summed E-state index contributed by atoms with van der Waals surface area (Å²) in [7, 11) is 1.89. The molecule has 1 unspecified atom stereocenters. The van der Waals surface area contributed by atoms with Crippen molar-refractivity contribution in [3.63, 3.8) is 0 Å². The van der Waals surface area contributed by atoms with Gasteiger partial charge in [-0.3, -0.25) is 9.48 Å². The Hall–Kier alpha value is -4.03. The van der Waals surface area contributed by atoms with E-state index < -0.39 is 6.04 Å². The predicted octanol–water partition coefficient (Wildman–Crippen LogP) is 5.46. The first-order chi connectivity index (χ1) is 16.6. The lowest BCUT2D eigenvalue weighted by molar-refractivity contribution is 0.0945. The van der Waals surface area contributed by atoms with Gasteiger partial charge in [0.2, 0.25) is 0 Å². The first-order valence-corrected chi connectivity index (χ1v) is 11.3. The maximum absolute atomic E-state index is 13.7. The standard InChI is InChI=1S/C28H25FN4O/c1-33-18-22(16-32-33)21-9-12-24-25(17-31-26(24)15-21)28(34)27(20-5-3-2-4-6-20)30-14-13-19-7-10-23(29)11-8-19/h2-12,15-18,27,30-31H,13-14H2,1H3. The average Bonchev–Trinajstić information content (AvgIpc) is 3.49. The van der Waals surface area contributed by atoms with Crippen LogP contribution in [-0.2, 0) is 13.5 Å². The molecule has 0 radical (unpaired) electrons. The predicted molar refractivity (Wildman–Crippen MR) is 132 cm³/mol. The maximum atomic E-state index is 13.7. The maximum Gasteiger partial charge on any atom is 0.186 e. The molecule has 0 amide bonds. The van der Waals surface area contributed by atoms with Crippen LogP contribution in [0, 0.1) is 5.82 Å². The van der Waals surface area contributed by atoms with E-state index in [0.29, 0.717) is 18.5 Å². The third-order valence-corrected chi connectivity index (χ3v) is 6.06. The Bertz CT molecular complexity index is 1420. The van der Waals surface area contributed by atoms with Crippen LogP contribution in [0.2, 0.25) is 0 Å². The van der Waals surface area contributed by atoms with Crippen LogP contribution in [0.4, 0.5) is 4.39 Å². The van der Waals surface area contributed by atoms with Crippen LogP contribution in [-0.4, -0.2) is 27.1 Å². The van der Waals surface area contributed by atoms with Crippen molar-refractivity contribution in [2.75, 3.05) is 6.54 Å². The van der Waals surface area contributed by atoms with Gasteiger partial charge >= 0.3 is 0 Å². The Morgan fingerprint density at radius 1 is 1.06 bits per heavy atom. The lowest BCUT2D eigenvalue weighted by atomic mass is 9.96. The van der Waals surface area contributed by atoms with Gasteiger partial charge in [0.1, 0.15) is 5.82 Å². The molecule has 0 aliphatic rings. The van der Waals surface area contributed by atoms with E-state index in [1.165, 1.54) is 12.1 Å². The molecule has 2 aromatic heterocycles. The number of aryl methyl sites for hydroxylation is 1. The molecule has 2 heterocycles. The fourth-order valence-corrected chi connectivity index (χ4v) is 4.25. The molecule has 5 nitrogen and oxygen atoms in total. The van der Waals surface area contributed by atoms with Crippen LogP contribution in [0.1, 0.15) is 27.5 Å². The molecule has 0 aliphatic carbocycles. The van der Waals surface area contributed by atoms with Crippen molar-refractivity contribution in [3.05, 3.63) is 114 Å². The molecule has 6 heteroatoms. The van der Waals surface area contributed by atoms with Crippen molar-refractivity contribution in [2.24, 2.45) is 7.05 Å². The third kappa shape index (κ3) is 4.54. The molecule has 34 heavy (non-hydrogen) atoms. The molecule has 1 atom stereocenters. The van der Waals surface area contributed by atoms with E-state index >= 15 is 0 Å². The minimum Gasteiger partial charge on any atom is -0.360 e. The molecular formula is C28H25FN4O. The summed E-state index contributed by atoms with van der Waals surface area (Å²) in [6, 6.07) is 21.8. The molecule has 5 aromatic rings. The monoisotopic (exact) mass is 452 g/mol. The van der Waals surface area contributed by atoms with Gasteiger partial charge in [-0.25, -0.2) is 4.39 Å². The van der Waals surface area contributed by atoms with Crippen molar-refractivity contribution in [1.29, 1.82) is 0 Å². The fraction of sp³-hybridized carbons (Fsp3) is 0.143. The zero-order valence-corrected chi connectivity index (χ0v) is 18.8. The Balaban J connectivity index is 1.40. The van der Waals surface area contributed by atoms with Crippen molar-refractivity contribution in [3.8, 4) is 11.1 Å². The van der Waals surface area contributed by atoms with Crippen LogP contribution in [0.25, 0.3) is 22.0 Å². The highest BCUT2D eigenvalue weighted by atomic mass is 19.1. The highest BCUT2D eigenvalue weighted by molar-refractivity contribution is 6.11. The summed E-state index contributed by atoms with van der Waals surface area (Å²) in [5, 5.41) is 8.56. The van der Waals surface area contributed by atoms with Crippen molar-refractivity contribution in [2.45, 2.75) is 12.5 Å². The van der Waals surface area contributed by atoms with E-state index in [1.807, 2.05) is 68.0 Å². The highest BCUT2D eigenvalue weighted by Gasteiger charge is 2.24. The second-order valence-electron chi connectivity index (χ2n) is 8.40. The number of aromatic amines is 1. The number of Topliss-reactive ketones (excluding diaryl/α,β-unsaturated/α-hetero) is 1. The zero-order valence-electron chi connectivity index (χ0n) is 18.8. The zero-order chi connectivity index (χ0) is 23.5. The number of fused-ring (bicyclic) bond motifs is 1. The van der Waals surface area contributed by atoms with Gasteiger partial charge in [0, 0.05) is 48.0 Å². The number of halogens is 1. The summed E-state index contributed by atoms with van der Waals surface area (Å²) in [5.41, 5.74) is 5.55. The third-order valence-electron chi connectivity index (χ3n) is 6.06. The molecule has 0 saturated heterocycles. The van der Waals surface area contributed by atoms with Gasteiger partial charge in [0.05, 0.1) is 12.2 Å². The lowest BCUT2D eigenvalue weighted by Crippen LogP contribution is -2.30. The molecule has 5 rings (SSSR count). The van der Waals surface area contributed by atoms with Crippen LogP contribution < -0.4 is 5.32 Å². The van der Waals surface area contributed by atoms with Gasteiger partial charge in [-0.05, 0) is 41.3 Å². The summed E-state index contributed by atoms with van der Waals surface area (Å²) in [5.74, 6) is -0.245. The van der Waals surface area contributed by atoms with E-state index in [-0.39, 0.29) is 11.6 Å². The molecule has 0 aliphatic heterocycles. The second kappa shape index (κ2) is 9.45. The number of H-pyrrole nitrogens is 1. The molecule has 170 valence electrons. The summed E-state index contributed by atoms with van der Waals surface area (Å²) in [4.78, 5) is 17.0. The topological polar surface area (TPSA) is 62.7 Å². The number of carbonyl (C=O) groups excluding carboxylic acids is 1. The second-order valence-corrected chi connectivity index (χ2v) is 8.40. The van der Waals surface area contributed by atoms with Crippen LogP contribution in [0.15, 0.2) is 91.4 Å². The number of aromatic nitrogens is 3. The molecule has 0 saturated carbocycles. The molecule has 2 N–H and O–H groups in total. The van der Waals surface area contributed by atoms with Crippen molar-refractivity contribution < 1.29 is 9.18 Å².